The number of amides is 1. The first-order valence-electron chi connectivity index (χ1n) is 9.26. The molecule has 0 bridgehead atoms. The van der Waals surface area contributed by atoms with Gasteiger partial charge in [-0.05, 0) is 72.1 Å². The lowest BCUT2D eigenvalue weighted by atomic mass is 10.1. The largest absolute Gasteiger partial charge is 0.481 e. The van der Waals surface area contributed by atoms with E-state index in [4.69, 9.17) is 16.3 Å². The molecule has 9 heteroatoms. The Balaban J connectivity index is 1.62. The third-order valence-corrected chi connectivity index (χ3v) is 6.55. The van der Waals surface area contributed by atoms with E-state index in [1.807, 2.05) is 56.7 Å². The van der Waals surface area contributed by atoms with Gasteiger partial charge in [0.15, 0.2) is 17.1 Å². The Labute approximate surface area is 193 Å². The van der Waals surface area contributed by atoms with E-state index in [-0.39, 0.29) is 17.8 Å². The first-order chi connectivity index (χ1) is 14.3. The molecule has 1 aromatic heterocycles. The molecule has 158 valence electrons. The van der Waals surface area contributed by atoms with Crippen LogP contribution in [0.5, 0.6) is 5.75 Å². The smallest absolute Gasteiger partial charge is 0.234 e. The van der Waals surface area contributed by atoms with Gasteiger partial charge in [-0.3, -0.25) is 4.79 Å². The second kappa shape index (κ2) is 9.85. The lowest BCUT2D eigenvalue weighted by Gasteiger charge is -2.15. The lowest BCUT2D eigenvalue weighted by Crippen LogP contribution is -2.15. The van der Waals surface area contributed by atoms with Crippen molar-refractivity contribution in [3.8, 4) is 5.75 Å². The molecule has 0 aliphatic rings. The number of carbonyl (C=O) groups excluding carboxylic acids is 1. The van der Waals surface area contributed by atoms with Gasteiger partial charge in [0.2, 0.25) is 5.91 Å². The van der Waals surface area contributed by atoms with Crippen LogP contribution in [0.3, 0.4) is 0 Å². The number of carbonyl (C=O) groups is 1. The number of halogens is 2. The zero-order chi connectivity index (χ0) is 21.8. The number of ether oxygens (including phenoxy) is 1. The highest BCUT2D eigenvalue weighted by Crippen LogP contribution is 2.29. The van der Waals surface area contributed by atoms with Crippen molar-refractivity contribution < 1.29 is 9.53 Å². The van der Waals surface area contributed by atoms with Gasteiger partial charge in [-0.25, -0.2) is 0 Å². The minimum absolute atomic E-state index is 0.117. The molecule has 30 heavy (non-hydrogen) atoms. The second-order valence-electron chi connectivity index (χ2n) is 6.84. The molecule has 0 unspecified atom stereocenters. The highest BCUT2D eigenvalue weighted by molar-refractivity contribution is 9.10. The summed E-state index contributed by atoms with van der Waals surface area (Å²) in [6.07, 6.45) is -0.350. The van der Waals surface area contributed by atoms with Crippen LogP contribution < -0.4 is 10.1 Å². The van der Waals surface area contributed by atoms with Gasteiger partial charge in [-0.15, -0.1) is 10.2 Å². The molecule has 3 rings (SSSR count). The highest BCUT2D eigenvalue weighted by atomic mass is 79.9. The van der Waals surface area contributed by atoms with E-state index in [2.05, 4.69) is 31.4 Å². The van der Waals surface area contributed by atoms with Gasteiger partial charge in [0.25, 0.3) is 0 Å². The summed E-state index contributed by atoms with van der Waals surface area (Å²) in [5.41, 5.74) is 3.03. The molecule has 1 N–H and O–H groups in total. The summed E-state index contributed by atoms with van der Waals surface area (Å²) in [5, 5.41) is 12.5. The number of aryl methyl sites for hydroxylation is 2. The Morgan fingerprint density at radius 2 is 1.97 bits per heavy atom. The van der Waals surface area contributed by atoms with E-state index in [9.17, 15) is 4.79 Å². The van der Waals surface area contributed by atoms with E-state index < -0.39 is 0 Å². The van der Waals surface area contributed by atoms with Crippen molar-refractivity contribution in [3.05, 3.63) is 62.8 Å². The van der Waals surface area contributed by atoms with E-state index in [1.165, 1.54) is 11.8 Å². The van der Waals surface area contributed by atoms with E-state index in [0.717, 1.165) is 21.3 Å². The van der Waals surface area contributed by atoms with Crippen molar-refractivity contribution in [3.63, 3.8) is 0 Å². The van der Waals surface area contributed by atoms with Crippen molar-refractivity contribution in [2.45, 2.75) is 32.0 Å². The minimum atomic E-state index is -0.350. The van der Waals surface area contributed by atoms with E-state index >= 15 is 0 Å². The minimum Gasteiger partial charge on any atom is -0.481 e. The van der Waals surface area contributed by atoms with Crippen LogP contribution in [0.1, 0.15) is 30.0 Å². The maximum atomic E-state index is 12.4. The number of rotatable bonds is 7. The number of hydrogen-bond acceptors (Lipinski definition) is 5. The SMILES string of the molecule is Cc1cc(Br)c(NC(=O)CSc2nnc([C@@H](C)Oc3ccccc3Cl)n2C)cc1C. The summed E-state index contributed by atoms with van der Waals surface area (Å²) in [7, 11) is 1.85. The Morgan fingerprint density at radius 1 is 1.27 bits per heavy atom. The summed E-state index contributed by atoms with van der Waals surface area (Å²) in [5.74, 6) is 1.33. The fourth-order valence-corrected chi connectivity index (χ4v) is 4.24. The normalized spacial score (nSPS) is 11.9. The van der Waals surface area contributed by atoms with Crippen molar-refractivity contribution in [2.24, 2.45) is 7.05 Å². The van der Waals surface area contributed by atoms with E-state index in [1.54, 1.807) is 12.1 Å². The number of hydrogen-bond donors (Lipinski definition) is 1. The third kappa shape index (κ3) is 5.36. The van der Waals surface area contributed by atoms with Crippen molar-refractivity contribution >= 4 is 50.9 Å². The van der Waals surface area contributed by atoms with Crippen molar-refractivity contribution in [2.75, 3.05) is 11.1 Å². The van der Waals surface area contributed by atoms with Gasteiger partial charge in [-0.2, -0.15) is 0 Å². The molecule has 0 spiro atoms. The third-order valence-electron chi connectivity index (χ3n) is 4.56. The molecule has 3 aromatic rings. The van der Waals surface area contributed by atoms with Crippen LogP contribution in [0.25, 0.3) is 0 Å². The number of nitrogens with one attached hydrogen (secondary N) is 1. The number of benzene rings is 2. The molecule has 0 aliphatic heterocycles. The predicted octanol–water partition coefficient (Wildman–Crippen LogP) is 5.72. The average molecular weight is 510 g/mol. The van der Waals surface area contributed by atoms with Gasteiger partial charge in [0, 0.05) is 11.5 Å². The molecule has 2 aromatic carbocycles. The maximum Gasteiger partial charge on any atom is 0.234 e. The molecular weight excluding hydrogens is 488 g/mol. The monoisotopic (exact) mass is 508 g/mol. The van der Waals surface area contributed by atoms with Gasteiger partial charge in [0.1, 0.15) is 5.75 Å². The van der Waals surface area contributed by atoms with Gasteiger partial charge in [-0.1, -0.05) is 35.5 Å². The molecule has 0 aliphatic carbocycles. The number of para-hydroxylation sites is 1. The van der Waals surface area contributed by atoms with Gasteiger partial charge >= 0.3 is 0 Å². The quantitative estimate of drug-likeness (QED) is 0.413. The lowest BCUT2D eigenvalue weighted by molar-refractivity contribution is -0.113. The molecule has 0 saturated carbocycles. The van der Waals surface area contributed by atoms with Crippen molar-refractivity contribution in [1.82, 2.24) is 14.8 Å². The molecular formula is C21H22BrClN4O2S. The number of thioether (sulfide) groups is 1. The molecule has 0 saturated heterocycles. The summed E-state index contributed by atoms with van der Waals surface area (Å²) in [4.78, 5) is 12.4. The van der Waals surface area contributed by atoms with Crippen LogP contribution in [0, 0.1) is 13.8 Å². The second-order valence-corrected chi connectivity index (χ2v) is 9.05. The first kappa shape index (κ1) is 22.7. The standard InChI is InChI=1S/C21H22BrClN4O2S/c1-12-9-15(22)17(10-13(12)2)24-19(28)11-30-21-26-25-20(27(21)4)14(3)29-18-8-6-5-7-16(18)23/h5-10,14H,11H2,1-4H3,(H,24,28)/t14-/m1/s1. The zero-order valence-corrected chi connectivity index (χ0v) is 20.2. The van der Waals surface area contributed by atoms with Gasteiger partial charge in [0.05, 0.1) is 16.5 Å². The predicted molar refractivity (Wildman–Crippen MR) is 124 cm³/mol. The molecule has 6 nitrogen and oxygen atoms in total. The van der Waals surface area contributed by atoms with Crippen LogP contribution >= 0.6 is 39.3 Å². The van der Waals surface area contributed by atoms with E-state index in [0.29, 0.717) is 21.8 Å². The fourth-order valence-electron chi connectivity index (χ4n) is 2.78. The Morgan fingerprint density at radius 3 is 2.70 bits per heavy atom. The molecule has 1 amide bonds. The number of anilines is 1. The molecule has 0 fully saturated rings. The highest BCUT2D eigenvalue weighted by Gasteiger charge is 2.19. The Bertz CT molecular complexity index is 1070. The summed E-state index contributed by atoms with van der Waals surface area (Å²) in [6, 6.07) is 11.2. The fraction of sp³-hybridized carbons (Fsp3) is 0.286. The van der Waals surface area contributed by atoms with Crippen LogP contribution in [0.4, 0.5) is 5.69 Å². The summed E-state index contributed by atoms with van der Waals surface area (Å²) < 4.78 is 8.60. The Hall–Kier alpha value is -2.03. The molecule has 1 atom stereocenters. The Kier molecular flexibility index (Phi) is 7.44. The maximum absolute atomic E-state index is 12.4. The summed E-state index contributed by atoms with van der Waals surface area (Å²) in [6.45, 7) is 5.93. The van der Waals surface area contributed by atoms with Gasteiger partial charge < -0.3 is 14.6 Å². The number of nitrogens with zero attached hydrogens (tertiary/aromatic N) is 3. The topological polar surface area (TPSA) is 69.0 Å². The average Bonchev–Trinajstić information content (AvgIpc) is 3.07. The first-order valence-corrected chi connectivity index (χ1v) is 11.4. The number of aromatic nitrogens is 3. The molecule has 0 radical (unpaired) electrons. The van der Waals surface area contributed by atoms with Crippen LogP contribution in [0.2, 0.25) is 5.02 Å². The van der Waals surface area contributed by atoms with Crippen LogP contribution in [-0.2, 0) is 11.8 Å². The zero-order valence-electron chi connectivity index (χ0n) is 17.1. The van der Waals surface area contributed by atoms with Crippen molar-refractivity contribution in [1.29, 1.82) is 0 Å². The van der Waals surface area contributed by atoms with Crippen LogP contribution in [0.15, 0.2) is 46.0 Å². The van der Waals surface area contributed by atoms with Crippen LogP contribution in [-0.4, -0.2) is 26.4 Å². The summed E-state index contributed by atoms with van der Waals surface area (Å²) >= 11 is 11.0. The molecule has 1 heterocycles.